The van der Waals surface area contributed by atoms with Gasteiger partial charge in [-0.05, 0) is 31.9 Å². The lowest BCUT2D eigenvalue weighted by atomic mass is 10.1. The maximum atomic E-state index is 12.2. The molecule has 1 amide bonds. The van der Waals surface area contributed by atoms with Crippen molar-refractivity contribution < 1.29 is 4.79 Å². The molecule has 5 nitrogen and oxygen atoms in total. The summed E-state index contributed by atoms with van der Waals surface area (Å²) in [6.07, 6.45) is 0.911. The maximum absolute atomic E-state index is 12.2. The number of hydrogen-bond acceptors (Lipinski definition) is 4. The van der Waals surface area contributed by atoms with Crippen molar-refractivity contribution in [2.75, 3.05) is 5.75 Å². The Balaban J connectivity index is 1.94. The van der Waals surface area contributed by atoms with Crippen LogP contribution in [0.1, 0.15) is 25.8 Å². The molecule has 1 unspecified atom stereocenters. The van der Waals surface area contributed by atoms with E-state index in [2.05, 4.69) is 41.5 Å². The van der Waals surface area contributed by atoms with Gasteiger partial charge in [0.15, 0.2) is 11.0 Å². The summed E-state index contributed by atoms with van der Waals surface area (Å²) in [6.45, 7) is 6.12. The zero-order valence-electron chi connectivity index (χ0n) is 15.8. The molecule has 0 radical (unpaired) electrons. The average molecular weight is 381 g/mol. The number of carbonyl (C=O) groups is 1. The highest BCUT2D eigenvalue weighted by atomic mass is 32.2. The number of amides is 1. The molecule has 3 rings (SSSR count). The lowest BCUT2D eigenvalue weighted by Gasteiger charge is -2.14. The molecule has 0 aliphatic heterocycles. The van der Waals surface area contributed by atoms with Crippen molar-refractivity contribution >= 4 is 17.7 Å². The highest BCUT2D eigenvalue weighted by Crippen LogP contribution is 2.29. The fourth-order valence-corrected chi connectivity index (χ4v) is 3.47. The molecule has 3 aromatic rings. The van der Waals surface area contributed by atoms with Gasteiger partial charge in [0.25, 0.3) is 0 Å². The number of aromatic nitrogens is 3. The summed E-state index contributed by atoms with van der Waals surface area (Å²) in [5.41, 5.74) is 3.13. The van der Waals surface area contributed by atoms with E-state index in [1.165, 1.54) is 11.8 Å². The van der Waals surface area contributed by atoms with Gasteiger partial charge in [-0.15, -0.1) is 10.2 Å². The number of benzene rings is 2. The Bertz CT molecular complexity index is 908. The van der Waals surface area contributed by atoms with E-state index in [1.54, 1.807) is 0 Å². The van der Waals surface area contributed by atoms with E-state index in [-0.39, 0.29) is 11.9 Å². The van der Waals surface area contributed by atoms with Crippen molar-refractivity contribution in [2.24, 2.45) is 0 Å². The van der Waals surface area contributed by atoms with Gasteiger partial charge in [0.2, 0.25) is 5.91 Å². The standard InChI is InChI=1S/C21H24N4OS/c1-4-16(3)22-19(26)14-27-21-24-23-20(17-11-6-5-7-12-17)25(21)18-13-9-8-10-15(18)2/h5-13,16H,4,14H2,1-3H3,(H,22,26). The van der Waals surface area contributed by atoms with Gasteiger partial charge in [-0.25, -0.2) is 0 Å². The van der Waals surface area contributed by atoms with Crippen LogP contribution in [0, 0.1) is 6.92 Å². The summed E-state index contributed by atoms with van der Waals surface area (Å²) in [5, 5.41) is 12.5. The third kappa shape index (κ3) is 4.57. The monoisotopic (exact) mass is 380 g/mol. The maximum Gasteiger partial charge on any atom is 0.230 e. The molecule has 0 aliphatic rings. The lowest BCUT2D eigenvalue weighted by Crippen LogP contribution is -2.33. The molecule has 27 heavy (non-hydrogen) atoms. The van der Waals surface area contributed by atoms with Crippen LogP contribution in [0.3, 0.4) is 0 Å². The molecule has 0 saturated heterocycles. The van der Waals surface area contributed by atoms with Gasteiger partial charge in [-0.1, -0.05) is 67.2 Å². The predicted octanol–water partition coefficient (Wildman–Crippen LogP) is 4.25. The van der Waals surface area contributed by atoms with Gasteiger partial charge < -0.3 is 5.32 Å². The molecule has 140 valence electrons. The largest absolute Gasteiger partial charge is 0.353 e. The Morgan fingerprint density at radius 3 is 2.52 bits per heavy atom. The van der Waals surface area contributed by atoms with Crippen molar-refractivity contribution in [1.29, 1.82) is 0 Å². The van der Waals surface area contributed by atoms with Crippen LogP contribution in [0.2, 0.25) is 0 Å². The Labute approximate surface area is 164 Å². The smallest absolute Gasteiger partial charge is 0.230 e. The molecule has 1 heterocycles. The van der Waals surface area contributed by atoms with E-state index in [0.717, 1.165) is 29.1 Å². The Kier molecular flexibility index (Phi) is 6.29. The van der Waals surface area contributed by atoms with E-state index in [1.807, 2.05) is 54.0 Å². The van der Waals surface area contributed by atoms with Gasteiger partial charge in [0.05, 0.1) is 11.4 Å². The summed E-state index contributed by atoms with van der Waals surface area (Å²) >= 11 is 1.40. The van der Waals surface area contributed by atoms with E-state index < -0.39 is 0 Å². The molecular weight excluding hydrogens is 356 g/mol. The lowest BCUT2D eigenvalue weighted by molar-refractivity contribution is -0.119. The van der Waals surface area contributed by atoms with Gasteiger partial charge >= 0.3 is 0 Å². The number of thioether (sulfide) groups is 1. The zero-order valence-corrected chi connectivity index (χ0v) is 16.7. The predicted molar refractivity (Wildman–Crippen MR) is 110 cm³/mol. The van der Waals surface area contributed by atoms with Crippen molar-refractivity contribution in [3.05, 3.63) is 60.2 Å². The number of hydrogen-bond donors (Lipinski definition) is 1. The molecule has 1 atom stereocenters. The Hall–Kier alpha value is -2.60. The molecule has 1 aromatic heterocycles. The van der Waals surface area contributed by atoms with E-state index >= 15 is 0 Å². The number of rotatable bonds is 7. The molecule has 6 heteroatoms. The summed E-state index contributed by atoms with van der Waals surface area (Å²) in [5.74, 6) is 1.09. The molecule has 0 fully saturated rings. The second-order valence-electron chi connectivity index (χ2n) is 6.46. The summed E-state index contributed by atoms with van der Waals surface area (Å²) in [6, 6.07) is 18.3. The molecule has 0 spiro atoms. The fraction of sp³-hybridized carbons (Fsp3) is 0.286. The highest BCUT2D eigenvalue weighted by molar-refractivity contribution is 7.99. The van der Waals surface area contributed by atoms with Crippen LogP contribution in [0.15, 0.2) is 59.8 Å². The zero-order chi connectivity index (χ0) is 19.2. The van der Waals surface area contributed by atoms with Gasteiger partial charge in [-0.3, -0.25) is 9.36 Å². The molecule has 2 aromatic carbocycles. The number of nitrogens with one attached hydrogen (secondary N) is 1. The average Bonchev–Trinajstić information content (AvgIpc) is 3.11. The van der Waals surface area contributed by atoms with Crippen molar-refractivity contribution in [3.63, 3.8) is 0 Å². The number of nitrogens with zero attached hydrogens (tertiary/aromatic N) is 3. The molecule has 0 saturated carbocycles. The van der Waals surface area contributed by atoms with Crippen molar-refractivity contribution in [1.82, 2.24) is 20.1 Å². The molecular formula is C21H24N4OS. The van der Waals surface area contributed by atoms with Crippen molar-refractivity contribution in [3.8, 4) is 17.1 Å². The summed E-state index contributed by atoms with van der Waals surface area (Å²) < 4.78 is 2.03. The first kappa shape index (κ1) is 19.2. The third-order valence-electron chi connectivity index (χ3n) is 4.37. The molecule has 0 bridgehead atoms. The van der Waals surface area contributed by atoms with Crippen LogP contribution in [-0.4, -0.2) is 32.5 Å². The topological polar surface area (TPSA) is 59.8 Å². The Morgan fingerprint density at radius 1 is 1.11 bits per heavy atom. The minimum absolute atomic E-state index is 0.00921. The SMILES string of the molecule is CCC(C)NC(=O)CSc1nnc(-c2ccccc2)n1-c1ccccc1C. The number of carbonyl (C=O) groups excluding carboxylic acids is 1. The molecule has 0 aliphatic carbocycles. The number of para-hydroxylation sites is 1. The van der Waals surface area contributed by atoms with E-state index in [0.29, 0.717) is 10.9 Å². The first-order valence-electron chi connectivity index (χ1n) is 9.09. The number of aryl methyl sites for hydroxylation is 1. The molecule has 1 N–H and O–H groups in total. The normalized spacial score (nSPS) is 12.0. The second kappa shape index (κ2) is 8.86. The van der Waals surface area contributed by atoms with Crippen LogP contribution >= 0.6 is 11.8 Å². The fourth-order valence-electron chi connectivity index (χ4n) is 2.72. The first-order valence-corrected chi connectivity index (χ1v) is 10.1. The minimum atomic E-state index is 0.00921. The minimum Gasteiger partial charge on any atom is -0.353 e. The highest BCUT2D eigenvalue weighted by Gasteiger charge is 2.18. The summed E-state index contributed by atoms with van der Waals surface area (Å²) in [4.78, 5) is 12.2. The van der Waals surface area contributed by atoms with Crippen LogP contribution < -0.4 is 5.32 Å². The Morgan fingerprint density at radius 2 is 1.81 bits per heavy atom. The van der Waals surface area contributed by atoms with Gasteiger partial charge in [0, 0.05) is 11.6 Å². The summed E-state index contributed by atoms with van der Waals surface area (Å²) in [7, 11) is 0. The van der Waals surface area contributed by atoms with Gasteiger partial charge in [-0.2, -0.15) is 0 Å². The van der Waals surface area contributed by atoms with E-state index in [9.17, 15) is 4.79 Å². The third-order valence-corrected chi connectivity index (χ3v) is 5.30. The van der Waals surface area contributed by atoms with E-state index in [4.69, 9.17) is 0 Å². The van der Waals surface area contributed by atoms with Crippen LogP contribution in [0.25, 0.3) is 17.1 Å². The second-order valence-corrected chi connectivity index (χ2v) is 7.40. The van der Waals surface area contributed by atoms with Crippen LogP contribution in [-0.2, 0) is 4.79 Å². The van der Waals surface area contributed by atoms with Crippen LogP contribution in [0.4, 0.5) is 0 Å². The van der Waals surface area contributed by atoms with Crippen molar-refractivity contribution in [2.45, 2.75) is 38.4 Å². The quantitative estimate of drug-likeness (QED) is 0.623. The van der Waals surface area contributed by atoms with Gasteiger partial charge in [0.1, 0.15) is 0 Å². The first-order chi connectivity index (χ1) is 13.1. The van der Waals surface area contributed by atoms with Crippen LogP contribution in [0.5, 0.6) is 0 Å².